The second kappa shape index (κ2) is 8.31. The first kappa shape index (κ1) is 18.4. The van der Waals surface area contributed by atoms with Crippen LogP contribution >= 0.6 is 0 Å². The second-order valence-corrected chi connectivity index (χ2v) is 5.77. The molecule has 140 valence electrons. The molecule has 2 N–H and O–H groups in total. The lowest BCUT2D eigenvalue weighted by molar-refractivity contribution is -0.0498. The fourth-order valence-electron chi connectivity index (χ4n) is 2.50. The van der Waals surface area contributed by atoms with Gasteiger partial charge in [-0.15, -0.1) is 0 Å². The summed E-state index contributed by atoms with van der Waals surface area (Å²) in [5, 5.41) is 9.68. The minimum atomic E-state index is -2.86. The summed E-state index contributed by atoms with van der Waals surface area (Å²) in [7, 11) is 0. The topological polar surface area (TPSA) is 68.2 Å². The van der Waals surface area contributed by atoms with Gasteiger partial charge in [-0.05, 0) is 55.0 Å². The smallest absolute Gasteiger partial charge is 0.387 e. The number of ether oxygens (including phenoxy) is 1. The molecule has 2 aromatic carbocycles. The van der Waals surface area contributed by atoms with Crippen LogP contribution < -0.4 is 15.4 Å². The normalized spacial score (nSPS) is 11.9. The predicted molar refractivity (Wildman–Crippen MR) is 97.2 cm³/mol. The summed E-state index contributed by atoms with van der Waals surface area (Å²) < 4.78 is 30.4. The van der Waals surface area contributed by atoms with Crippen molar-refractivity contribution >= 4 is 11.7 Å². The number of hydrogen-bond acceptors (Lipinski definition) is 3. The van der Waals surface area contributed by atoms with E-state index in [1.54, 1.807) is 42.1 Å². The standard InChI is InChI=1S/C19H18F2N4O2/c1-13(14-3-9-17(10-4-14)27-18(20)21)23-19(26)24-15-5-7-16(8-6-15)25-12-2-11-22-25/h2-13,18H,1H3,(H2,23,24,26). The molecule has 3 rings (SSSR count). The van der Waals surface area contributed by atoms with Gasteiger partial charge in [-0.25, -0.2) is 9.48 Å². The molecule has 1 atom stereocenters. The molecule has 0 aliphatic rings. The van der Waals surface area contributed by atoms with Crippen LogP contribution in [0.25, 0.3) is 5.69 Å². The summed E-state index contributed by atoms with van der Waals surface area (Å²) in [5.74, 6) is 0.0719. The molecule has 0 bridgehead atoms. The van der Waals surface area contributed by atoms with Gasteiger partial charge in [0, 0.05) is 18.1 Å². The summed E-state index contributed by atoms with van der Waals surface area (Å²) in [6.45, 7) is -1.07. The van der Waals surface area contributed by atoms with Gasteiger partial charge in [0.05, 0.1) is 11.7 Å². The number of aromatic nitrogens is 2. The van der Waals surface area contributed by atoms with Crippen LogP contribution in [0.3, 0.4) is 0 Å². The zero-order chi connectivity index (χ0) is 19.2. The van der Waals surface area contributed by atoms with Gasteiger partial charge in [0.25, 0.3) is 0 Å². The van der Waals surface area contributed by atoms with E-state index in [4.69, 9.17) is 0 Å². The number of rotatable bonds is 6. The van der Waals surface area contributed by atoms with Crippen LogP contribution in [0.1, 0.15) is 18.5 Å². The zero-order valence-electron chi connectivity index (χ0n) is 14.5. The highest BCUT2D eigenvalue weighted by atomic mass is 19.3. The van der Waals surface area contributed by atoms with E-state index in [0.717, 1.165) is 11.3 Å². The van der Waals surface area contributed by atoms with Crippen LogP contribution in [0, 0.1) is 0 Å². The molecule has 0 radical (unpaired) electrons. The van der Waals surface area contributed by atoms with Crippen LogP contribution in [0.15, 0.2) is 67.0 Å². The molecule has 0 fully saturated rings. The van der Waals surface area contributed by atoms with E-state index in [1.807, 2.05) is 24.4 Å². The number of carbonyl (C=O) groups excluding carboxylic acids is 1. The van der Waals surface area contributed by atoms with Crippen LogP contribution in [0.5, 0.6) is 5.75 Å². The number of anilines is 1. The quantitative estimate of drug-likeness (QED) is 0.676. The monoisotopic (exact) mass is 372 g/mol. The maximum Gasteiger partial charge on any atom is 0.387 e. The maximum atomic E-state index is 12.2. The molecule has 3 aromatic rings. The number of nitrogens with zero attached hydrogens (tertiary/aromatic N) is 2. The van der Waals surface area contributed by atoms with Gasteiger partial charge in [0.1, 0.15) is 5.75 Å². The minimum absolute atomic E-state index is 0.0719. The van der Waals surface area contributed by atoms with Crippen molar-refractivity contribution in [2.75, 3.05) is 5.32 Å². The zero-order valence-corrected chi connectivity index (χ0v) is 14.5. The van der Waals surface area contributed by atoms with Crippen molar-refractivity contribution in [3.05, 3.63) is 72.6 Å². The molecule has 0 saturated carbocycles. The van der Waals surface area contributed by atoms with Gasteiger partial charge in [-0.3, -0.25) is 0 Å². The van der Waals surface area contributed by atoms with Crippen molar-refractivity contribution in [1.82, 2.24) is 15.1 Å². The molecule has 2 amide bonds. The average molecular weight is 372 g/mol. The van der Waals surface area contributed by atoms with Gasteiger partial charge >= 0.3 is 12.6 Å². The van der Waals surface area contributed by atoms with E-state index >= 15 is 0 Å². The molecular formula is C19H18F2N4O2. The summed E-state index contributed by atoms with van der Waals surface area (Å²) in [6.07, 6.45) is 3.52. The first-order chi connectivity index (χ1) is 13.0. The van der Waals surface area contributed by atoms with Crippen LogP contribution in [0.4, 0.5) is 19.3 Å². The molecule has 1 unspecified atom stereocenters. The Morgan fingerprint density at radius 1 is 1.11 bits per heavy atom. The molecule has 6 nitrogen and oxygen atoms in total. The highest BCUT2D eigenvalue weighted by molar-refractivity contribution is 5.89. The van der Waals surface area contributed by atoms with Crippen LogP contribution in [0.2, 0.25) is 0 Å². The Hall–Kier alpha value is -3.42. The number of carbonyl (C=O) groups is 1. The Labute approximate surface area is 154 Å². The highest BCUT2D eigenvalue weighted by Crippen LogP contribution is 2.19. The van der Waals surface area contributed by atoms with Gasteiger partial charge in [0.15, 0.2) is 0 Å². The number of halogens is 2. The third-order valence-corrected chi connectivity index (χ3v) is 3.85. The Morgan fingerprint density at radius 2 is 1.81 bits per heavy atom. The van der Waals surface area contributed by atoms with Crippen molar-refractivity contribution in [3.63, 3.8) is 0 Å². The summed E-state index contributed by atoms with van der Waals surface area (Å²) >= 11 is 0. The van der Waals surface area contributed by atoms with Crippen molar-refractivity contribution in [3.8, 4) is 11.4 Å². The molecule has 1 heterocycles. The Balaban J connectivity index is 1.55. The van der Waals surface area contributed by atoms with Crippen molar-refractivity contribution in [2.24, 2.45) is 0 Å². The van der Waals surface area contributed by atoms with Gasteiger partial charge in [0.2, 0.25) is 0 Å². The summed E-state index contributed by atoms with van der Waals surface area (Å²) in [6, 6.07) is 14.5. The number of nitrogens with one attached hydrogen (secondary N) is 2. The Kier molecular flexibility index (Phi) is 5.65. The lowest BCUT2D eigenvalue weighted by Crippen LogP contribution is -2.31. The fraction of sp³-hybridized carbons (Fsp3) is 0.158. The van der Waals surface area contributed by atoms with Crippen molar-refractivity contribution < 1.29 is 18.3 Å². The molecule has 8 heteroatoms. The molecule has 1 aromatic heterocycles. The van der Waals surface area contributed by atoms with Crippen LogP contribution in [-0.2, 0) is 0 Å². The number of amides is 2. The number of benzene rings is 2. The third kappa shape index (κ3) is 5.04. The molecule has 27 heavy (non-hydrogen) atoms. The van der Waals surface area contributed by atoms with E-state index in [1.165, 1.54) is 12.1 Å². The average Bonchev–Trinajstić information content (AvgIpc) is 3.17. The third-order valence-electron chi connectivity index (χ3n) is 3.85. The lowest BCUT2D eigenvalue weighted by Gasteiger charge is -2.16. The maximum absolute atomic E-state index is 12.2. The fourth-order valence-corrected chi connectivity index (χ4v) is 2.50. The molecule has 0 saturated heterocycles. The van der Waals surface area contributed by atoms with E-state index in [0.29, 0.717) is 5.69 Å². The van der Waals surface area contributed by atoms with E-state index in [9.17, 15) is 13.6 Å². The number of alkyl halides is 2. The second-order valence-electron chi connectivity index (χ2n) is 5.77. The van der Waals surface area contributed by atoms with Gasteiger partial charge < -0.3 is 15.4 Å². The van der Waals surface area contributed by atoms with E-state index < -0.39 is 6.61 Å². The van der Waals surface area contributed by atoms with Gasteiger partial charge in [-0.1, -0.05) is 12.1 Å². The molecule has 0 spiro atoms. The molecule has 0 aliphatic heterocycles. The lowest BCUT2D eigenvalue weighted by atomic mass is 10.1. The Morgan fingerprint density at radius 3 is 2.41 bits per heavy atom. The summed E-state index contributed by atoms with van der Waals surface area (Å²) in [5.41, 5.74) is 2.28. The van der Waals surface area contributed by atoms with E-state index in [-0.39, 0.29) is 17.8 Å². The number of hydrogen-bond donors (Lipinski definition) is 2. The number of urea groups is 1. The first-order valence-corrected chi connectivity index (χ1v) is 8.23. The minimum Gasteiger partial charge on any atom is -0.435 e. The molecule has 0 aliphatic carbocycles. The van der Waals surface area contributed by atoms with Crippen LogP contribution in [-0.4, -0.2) is 22.4 Å². The van der Waals surface area contributed by atoms with Crippen molar-refractivity contribution in [1.29, 1.82) is 0 Å². The van der Waals surface area contributed by atoms with E-state index in [2.05, 4.69) is 20.5 Å². The van der Waals surface area contributed by atoms with Crippen molar-refractivity contribution in [2.45, 2.75) is 19.6 Å². The highest BCUT2D eigenvalue weighted by Gasteiger charge is 2.11. The largest absolute Gasteiger partial charge is 0.435 e. The summed E-state index contributed by atoms with van der Waals surface area (Å²) in [4.78, 5) is 12.2. The Bertz CT molecular complexity index is 866. The predicted octanol–water partition coefficient (Wildman–Crippen LogP) is 4.36. The SMILES string of the molecule is CC(NC(=O)Nc1ccc(-n2cccn2)cc1)c1ccc(OC(F)F)cc1. The first-order valence-electron chi connectivity index (χ1n) is 8.23. The van der Waals surface area contributed by atoms with Gasteiger partial charge in [-0.2, -0.15) is 13.9 Å². The molecular weight excluding hydrogens is 354 g/mol.